The molecule has 2 heterocycles. The number of amides is 2. The second-order valence-electron chi connectivity index (χ2n) is 6.39. The number of nitrogens with zero attached hydrogens (tertiary/aromatic N) is 4. The van der Waals surface area contributed by atoms with Crippen molar-refractivity contribution in [1.82, 2.24) is 19.8 Å². The zero-order valence-corrected chi connectivity index (χ0v) is 15.0. The molecule has 0 aliphatic heterocycles. The summed E-state index contributed by atoms with van der Waals surface area (Å²) < 4.78 is 1.61. The number of hydrogen-bond donors (Lipinski definition) is 2. The van der Waals surface area contributed by atoms with Crippen molar-refractivity contribution in [3.05, 3.63) is 72.1 Å². The van der Waals surface area contributed by atoms with Crippen molar-refractivity contribution in [2.24, 2.45) is 0 Å². The molecule has 4 aromatic rings. The number of benzene rings is 2. The molecule has 0 radical (unpaired) electrons. The quantitative estimate of drug-likeness (QED) is 0.579. The van der Waals surface area contributed by atoms with Gasteiger partial charge in [0.1, 0.15) is 6.33 Å². The summed E-state index contributed by atoms with van der Waals surface area (Å²) in [6.07, 6.45) is 1.55. The molecule has 0 saturated carbocycles. The Labute approximate surface area is 156 Å². The molecule has 0 saturated heterocycles. The van der Waals surface area contributed by atoms with Crippen LogP contribution in [0.1, 0.15) is 11.1 Å². The molecule has 134 valence electrons. The predicted molar refractivity (Wildman–Crippen MR) is 105 cm³/mol. The van der Waals surface area contributed by atoms with Gasteiger partial charge in [-0.15, -0.1) is 10.2 Å². The number of carbonyl (C=O) groups excluding carboxylic acids is 1. The number of nitrogens with one attached hydrogen (secondary N) is 2. The molecule has 0 fully saturated rings. The Balaban J connectivity index is 1.52. The van der Waals surface area contributed by atoms with E-state index in [9.17, 15) is 4.79 Å². The van der Waals surface area contributed by atoms with Gasteiger partial charge in [-0.25, -0.2) is 4.79 Å². The lowest BCUT2D eigenvalue weighted by Gasteiger charge is -2.10. The fraction of sp³-hybridized carbons (Fsp3) is 0.100. The smallest absolute Gasteiger partial charge is 0.308 e. The molecule has 0 unspecified atom stereocenters. The van der Waals surface area contributed by atoms with Crippen LogP contribution in [0.4, 0.5) is 16.2 Å². The van der Waals surface area contributed by atoms with Crippen LogP contribution in [-0.2, 0) is 0 Å². The van der Waals surface area contributed by atoms with Crippen molar-refractivity contribution >= 4 is 23.1 Å². The van der Waals surface area contributed by atoms with Crippen LogP contribution in [0.5, 0.6) is 0 Å². The van der Waals surface area contributed by atoms with Crippen molar-refractivity contribution in [3.8, 4) is 11.3 Å². The maximum Gasteiger partial charge on any atom is 0.323 e. The van der Waals surface area contributed by atoms with E-state index in [-0.39, 0.29) is 6.03 Å². The first-order valence-corrected chi connectivity index (χ1v) is 8.51. The molecule has 0 spiro atoms. The van der Waals surface area contributed by atoms with Gasteiger partial charge >= 0.3 is 6.03 Å². The number of aryl methyl sites for hydroxylation is 2. The number of carbonyl (C=O) groups is 1. The Morgan fingerprint density at radius 1 is 0.926 bits per heavy atom. The monoisotopic (exact) mass is 358 g/mol. The maximum absolute atomic E-state index is 12.3. The molecule has 2 aromatic carbocycles. The van der Waals surface area contributed by atoms with Gasteiger partial charge in [-0.3, -0.25) is 0 Å². The van der Waals surface area contributed by atoms with Gasteiger partial charge in [0.25, 0.3) is 0 Å². The Kier molecular flexibility index (Phi) is 4.25. The van der Waals surface area contributed by atoms with Crippen molar-refractivity contribution in [2.45, 2.75) is 13.8 Å². The number of urea groups is 1. The van der Waals surface area contributed by atoms with E-state index < -0.39 is 0 Å². The standard InChI is InChI=1S/C20H18N6O/c1-13-8-14(2)10-17(9-13)23-20(27)22-16-5-3-4-15(11-16)18-6-7-19-24-21-12-26(19)25-18/h3-12H,1-2H3,(H2,22,23,27). The zero-order valence-electron chi connectivity index (χ0n) is 15.0. The number of anilines is 2. The van der Waals surface area contributed by atoms with Crippen LogP contribution in [0.25, 0.3) is 16.9 Å². The van der Waals surface area contributed by atoms with Gasteiger partial charge in [0.05, 0.1) is 5.69 Å². The maximum atomic E-state index is 12.3. The first-order valence-electron chi connectivity index (χ1n) is 8.51. The van der Waals surface area contributed by atoms with Crippen molar-refractivity contribution < 1.29 is 4.79 Å². The highest BCUT2D eigenvalue weighted by molar-refractivity contribution is 6.00. The Bertz CT molecular complexity index is 1110. The van der Waals surface area contributed by atoms with Gasteiger partial charge < -0.3 is 10.6 Å². The van der Waals surface area contributed by atoms with Gasteiger partial charge in [0.15, 0.2) is 5.65 Å². The third-order valence-electron chi connectivity index (χ3n) is 4.06. The molecular formula is C20H18N6O. The number of aromatic nitrogens is 4. The summed E-state index contributed by atoms with van der Waals surface area (Å²) in [7, 11) is 0. The first kappa shape index (κ1) is 16.7. The van der Waals surface area contributed by atoms with E-state index in [1.165, 1.54) is 0 Å². The van der Waals surface area contributed by atoms with Crippen LogP contribution in [0.3, 0.4) is 0 Å². The van der Waals surface area contributed by atoms with E-state index in [0.29, 0.717) is 11.3 Å². The van der Waals surface area contributed by atoms with E-state index in [4.69, 9.17) is 0 Å². The second-order valence-corrected chi connectivity index (χ2v) is 6.39. The molecule has 0 atom stereocenters. The highest BCUT2D eigenvalue weighted by Crippen LogP contribution is 2.21. The topological polar surface area (TPSA) is 84.2 Å². The predicted octanol–water partition coefficient (Wildman–Crippen LogP) is 4.05. The normalized spacial score (nSPS) is 10.7. The molecule has 2 aromatic heterocycles. The van der Waals surface area contributed by atoms with E-state index in [1.807, 2.05) is 62.4 Å². The SMILES string of the molecule is Cc1cc(C)cc(NC(=O)Nc2cccc(-c3ccc4nncn4n3)c2)c1. The van der Waals surface area contributed by atoms with Gasteiger partial charge in [-0.2, -0.15) is 9.61 Å². The molecule has 7 nitrogen and oxygen atoms in total. The van der Waals surface area contributed by atoms with Gasteiger partial charge in [-0.1, -0.05) is 18.2 Å². The molecule has 4 rings (SSSR count). The molecule has 27 heavy (non-hydrogen) atoms. The Morgan fingerprint density at radius 3 is 2.52 bits per heavy atom. The van der Waals surface area contributed by atoms with E-state index in [1.54, 1.807) is 10.8 Å². The lowest BCUT2D eigenvalue weighted by Crippen LogP contribution is -2.19. The molecule has 0 aliphatic carbocycles. The van der Waals surface area contributed by atoms with Crippen LogP contribution in [-0.4, -0.2) is 25.8 Å². The largest absolute Gasteiger partial charge is 0.323 e. The van der Waals surface area contributed by atoms with Crippen LogP contribution in [0, 0.1) is 13.8 Å². The molecule has 7 heteroatoms. The highest BCUT2D eigenvalue weighted by atomic mass is 16.2. The zero-order chi connectivity index (χ0) is 18.8. The lowest BCUT2D eigenvalue weighted by molar-refractivity contribution is 0.262. The minimum absolute atomic E-state index is 0.292. The minimum atomic E-state index is -0.292. The van der Waals surface area contributed by atoms with Gasteiger partial charge in [0.2, 0.25) is 0 Å². The number of hydrogen-bond acceptors (Lipinski definition) is 4. The second kappa shape index (κ2) is 6.87. The summed E-state index contributed by atoms with van der Waals surface area (Å²) in [4.78, 5) is 12.3. The van der Waals surface area contributed by atoms with Crippen LogP contribution in [0.2, 0.25) is 0 Å². The van der Waals surface area contributed by atoms with Crippen LogP contribution >= 0.6 is 0 Å². The average molecular weight is 358 g/mol. The Hall–Kier alpha value is -3.74. The molecule has 2 N–H and O–H groups in total. The van der Waals surface area contributed by atoms with Crippen molar-refractivity contribution in [3.63, 3.8) is 0 Å². The van der Waals surface area contributed by atoms with E-state index in [0.717, 1.165) is 28.1 Å². The third-order valence-corrected chi connectivity index (χ3v) is 4.06. The third kappa shape index (κ3) is 3.77. The van der Waals surface area contributed by atoms with E-state index in [2.05, 4.69) is 32.0 Å². The molecule has 2 amide bonds. The Morgan fingerprint density at radius 2 is 1.70 bits per heavy atom. The summed E-state index contributed by atoms with van der Waals surface area (Å²) in [5, 5.41) is 18.0. The molecule has 0 aliphatic rings. The summed E-state index contributed by atoms with van der Waals surface area (Å²) in [5.74, 6) is 0. The number of fused-ring (bicyclic) bond motifs is 1. The van der Waals surface area contributed by atoms with E-state index >= 15 is 0 Å². The van der Waals surface area contributed by atoms with Gasteiger partial charge in [-0.05, 0) is 61.4 Å². The fourth-order valence-corrected chi connectivity index (χ4v) is 2.98. The van der Waals surface area contributed by atoms with Crippen molar-refractivity contribution in [1.29, 1.82) is 0 Å². The lowest BCUT2D eigenvalue weighted by atomic mass is 10.1. The first-order chi connectivity index (χ1) is 13.1. The number of rotatable bonds is 3. The molecule has 0 bridgehead atoms. The fourth-order valence-electron chi connectivity index (χ4n) is 2.98. The van der Waals surface area contributed by atoms with Crippen molar-refractivity contribution in [2.75, 3.05) is 10.6 Å². The highest BCUT2D eigenvalue weighted by Gasteiger charge is 2.07. The molecular weight excluding hydrogens is 340 g/mol. The summed E-state index contributed by atoms with van der Waals surface area (Å²) in [5.41, 5.74) is 5.97. The van der Waals surface area contributed by atoms with Gasteiger partial charge in [0, 0.05) is 16.9 Å². The van der Waals surface area contributed by atoms with Crippen LogP contribution < -0.4 is 10.6 Å². The van der Waals surface area contributed by atoms with Crippen LogP contribution in [0.15, 0.2) is 60.9 Å². The summed E-state index contributed by atoms with van der Waals surface area (Å²) >= 11 is 0. The minimum Gasteiger partial charge on any atom is -0.308 e. The summed E-state index contributed by atoms with van der Waals surface area (Å²) in [6, 6.07) is 16.9. The summed E-state index contributed by atoms with van der Waals surface area (Å²) in [6.45, 7) is 4.00. The average Bonchev–Trinajstić information content (AvgIpc) is 3.08.